The molecule has 2 unspecified atom stereocenters. The maximum atomic E-state index is 12.5. The minimum atomic E-state index is -0.403. The summed E-state index contributed by atoms with van der Waals surface area (Å²) < 4.78 is 7.04. The van der Waals surface area contributed by atoms with Gasteiger partial charge in [0.25, 0.3) is 0 Å². The van der Waals surface area contributed by atoms with E-state index >= 15 is 0 Å². The lowest BCUT2D eigenvalue weighted by Gasteiger charge is -2.22. The van der Waals surface area contributed by atoms with Gasteiger partial charge in [-0.15, -0.1) is 0 Å². The Labute approximate surface area is 173 Å². The quantitative estimate of drug-likeness (QED) is 0.522. The molecule has 0 aliphatic carbocycles. The van der Waals surface area contributed by atoms with Crippen molar-refractivity contribution in [2.24, 2.45) is 5.92 Å². The van der Waals surface area contributed by atoms with Crippen molar-refractivity contribution < 1.29 is 14.3 Å². The van der Waals surface area contributed by atoms with Gasteiger partial charge in [0.2, 0.25) is 0 Å². The molecule has 2 heterocycles. The Bertz CT molecular complexity index is 831. The molecule has 0 bridgehead atoms. The summed E-state index contributed by atoms with van der Waals surface area (Å²) in [5, 5.41) is 8.72. The lowest BCUT2D eigenvalue weighted by Crippen LogP contribution is -2.24. The van der Waals surface area contributed by atoms with Gasteiger partial charge in [0.05, 0.1) is 23.9 Å². The highest BCUT2D eigenvalue weighted by molar-refractivity contribution is 6.04. The standard InChI is InChI=1S/C22H34N4O3/c1-6-10-16(11-12-19(27)15(5)7-2)25-20-17-14-24-26(8-3)21(17)23-13-18(20)22(28)29-9-4/h13-16H,6-12H2,1-5H3,(H,23,25). The van der Waals surface area contributed by atoms with Crippen LogP contribution in [0.4, 0.5) is 5.69 Å². The summed E-state index contributed by atoms with van der Waals surface area (Å²) in [6.07, 6.45) is 7.30. The van der Waals surface area contributed by atoms with E-state index in [4.69, 9.17) is 4.74 Å². The first-order valence-electron chi connectivity index (χ1n) is 10.8. The van der Waals surface area contributed by atoms with Crippen LogP contribution in [-0.2, 0) is 16.1 Å². The maximum absolute atomic E-state index is 12.5. The molecular weight excluding hydrogens is 368 g/mol. The minimum absolute atomic E-state index is 0.0803. The van der Waals surface area contributed by atoms with Gasteiger partial charge in [0.15, 0.2) is 5.65 Å². The number of nitrogens with one attached hydrogen (secondary N) is 1. The predicted octanol–water partition coefficient (Wildman–Crippen LogP) is 4.60. The van der Waals surface area contributed by atoms with E-state index in [1.807, 2.05) is 20.8 Å². The number of hydrogen-bond donors (Lipinski definition) is 1. The molecule has 0 aliphatic rings. The van der Waals surface area contributed by atoms with E-state index in [9.17, 15) is 9.59 Å². The summed E-state index contributed by atoms with van der Waals surface area (Å²) in [4.78, 5) is 29.3. The Kier molecular flexibility index (Phi) is 8.61. The molecule has 0 radical (unpaired) electrons. The molecular formula is C22H34N4O3. The fourth-order valence-electron chi connectivity index (χ4n) is 3.41. The van der Waals surface area contributed by atoms with E-state index in [0.29, 0.717) is 36.6 Å². The summed E-state index contributed by atoms with van der Waals surface area (Å²) in [5.74, 6) is -0.0259. The molecule has 0 fully saturated rings. The number of hydrogen-bond acceptors (Lipinski definition) is 6. The molecule has 0 saturated carbocycles. The first-order valence-corrected chi connectivity index (χ1v) is 10.8. The van der Waals surface area contributed by atoms with Gasteiger partial charge in [-0.25, -0.2) is 14.5 Å². The number of Topliss-reactive ketones (excluding diaryl/α,β-unsaturated/α-hetero) is 1. The highest BCUT2D eigenvalue weighted by Gasteiger charge is 2.22. The number of anilines is 1. The Morgan fingerprint density at radius 1 is 1.17 bits per heavy atom. The van der Waals surface area contributed by atoms with Gasteiger partial charge in [-0.2, -0.15) is 5.10 Å². The van der Waals surface area contributed by atoms with Crippen LogP contribution in [0.3, 0.4) is 0 Å². The summed E-state index contributed by atoms with van der Waals surface area (Å²) in [6.45, 7) is 10.9. The smallest absolute Gasteiger partial charge is 0.341 e. The zero-order chi connectivity index (χ0) is 21.4. The van der Waals surface area contributed by atoms with E-state index in [0.717, 1.165) is 36.7 Å². The van der Waals surface area contributed by atoms with Gasteiger partial charge in [0, 0.05) is 31.1 Å². The van der Waals surface area contributed by atoms with Gasteiger partial charge in [0.1, 0.15) is 11.3 Å². The molecule has 7 nitrogen and oxygen atoms in total. The van der Waals surface area contributed by atoms with Crippen LogP contribution in [0.15, 0.2) is 12.4 Å². The van der Waals surface area contributed by atoms with Crippen molar-refractivity contribution >= 4 is 28.5 Å². The molecule has 1 N–H and O–H groups in total. The normalized spacial score (nSPS) is 13.3. The number of esters is 1. The fourth-order valence-corrected chi connectivity index (χ4v) is 3.41. The largest absolute Gasteiger partial charge is 0.462 e. The Balaban J connectivity index is 2.36. The third kappa shape index (κ3) is 5.55. The zero-order valence-corrected chi connectivity index (χ0v) is 18.3. The van der Waals surface area contributed by atoms with Crippen molar-refractivity contribution in [3.8, 4) is 0 Å². The number of aromatic nitrogens is 3. The number of carbonyl (C=O) groups excluding carboxylic acids is 2. The number of rotatable bonds is 12. The third-order valence-corrected chi connectivity index (χ3v) is 5.35. The highest BCUT2D eigenvalue weighted by atomic mass is 16.5. The van der Waals surface area contributed by atoms with Crippen LogP contribution >= 0.6 is 0 Å². The van der Waals surface area contributed by atoms with Crippen LogP contribution in [0.2, 0.25) is 0 Å². The molecule has 7 heteroatoms. The van der Waals surface area contributed by atoms with Crippen LogP contribution in [0.25, 0.3) is 11.0 Å². The van der Waals surface area contributed by atoms with Crippen molar-refractivity contribution in [3.63, 3.8) is 0 Å². The van der Waals surface area contributed by atoms with Gasteiger partial charge in [-0.1, -0.05) is 27.2 Å². The van der Waals surface area contributed by atoms with E-state index in [1.165, 1.54) is 0 Å². The summed E-state index contributed by atoms with van der Waals surface area (Å²) in [7, 11) is 0. The molecule has 2 atom stereocenters. The molecule has 0 aliphatic heterocycles. The summed E-state index contributed by atoms with van der Waals surface area (Å²) in [5.41, 5.74) is 1.83. The molecule has 0 saturated heterocycles. The number of ether oxygens (including phenoxy) is 1. The first-order chi connectivity index (χ1) is 14.0. The average Bonchev–Trinajstić information content (AvgIpc) is 3.15. The predicted molar refractivity (Wildman–Crippen MR) is 115 cm³/mol. The van der Waals surface area contributed by atoms with Gasteiger partial charge in [-0.05, 0) is 33.1 Å². The Morgan fingerprint density at radius 3 is 2.55 bits per heavy atom. The number of pyridine rings is 1. The van der Waals surface area contributed by atoms with Crippen molar-refractivity contribution in [1.82, 2.24) is 14.8 Å². The topological polar surface area (TPSA) is 86.1 Å². The molecule has 2 aromatic heterocycles. The van der Waals surface area contributed by atoms with E-state index < -0.39 is 5.97 Å². The molecule has 2 aromatic rings. The van der Waals surface area contributed by atoms with Crippen LogP contribution in [0.1, 0.15) is 77.1 Å². The third-order valence-electron chi connectivity index (χ3n) is 5.35. The van der Waals surface area contributed by atoms with Crippen molar-refractivity contribution in [1.29, 1.82) is 0 Å². The molecule has 29 heavy (non-hydrogen) atoms. The van der Waals surface area contributed by atoms with Crippen LogP contribution in [0.5, 0.6) is 0 Å². The molecule has 0 amide bonds. The van der Waals surface area contributed by atoms with Gasteiger partial charge < -0.3 is 10.1 Å². The number of fused-ring (bicyclic) bond motifs is 1. The number of carbonyl (C=O) groups is 2. The second kappa shape index (κ2) is 10.9. The van der Waals surface area contributed by atoms with Gasteiger partial charge >= 0.3 is 5.97 Å². The average molecular weight is 403 g/mol. The molecule has 2 rings (SSSR count). The Hall–Kier alpha value is -2.44. The second-order valence-electron chi connectivity index (χ2n) is 7.41. The lowest BCUT2D eigenvalue weighted by atomic mass is 9.96. The van der Waals surface area contributed by atoms with Crippen molar-refractivity contribution in [2.45, 2.75) is 79.3 Å². The number of aryl methyl sites for hydroxylation is 1. The van der Waals surface area contributed by atoms with Gasteiger partial charge in [-0.3, -0.25) is 4.79 Å². The molecule has 160 valence electrons. The van der Waals surface area contributed by atoms with E-state index in [-0.39, 0.29) is 12.0 Å². The van der Waals surface area contributed by atoms with Crippen LogP contribution in [-0.4, -0.2) is 39.2 Å². The lowest BCUT2D eigenvalue weighted by molar-refractivity contribution is -0.122. The summed E-state index contributed by atoms with van der Waals surface area (Å²) in [6, 6.07) is 0.0803. The maximum Gasteiger partial charge on any atom is 0.341 e. The molecule has 0 spiro atoms. The van der Waals surface area contributed by atoms with Crippen molar-refractivity contribution in [3.05, 3.63) is 18.0 Å². The highest BCUT2D eigenvalue weighted by Crippen LogP contribution is 2.29. The number of ketones is 1. The SMILES string of the molecule is CCCC(CCC(=O)C(C)CC)Nc1c(C(=O)OCC)cnc2c1cnn2CC. The second-order valence-corrected chi connectivity index (χ2v) is 7.41. The monoisotopic (exact) mass is 402 g/mol. The van der Waals surface area contributed by atoms with Crippen LogP contribution in [0, 0.1) is 5.92 Å². The van der Waals surface area contributed by atoms with Crippen LogP contribution < -0.4 is 5.32 Å². The molecule has 0 aromatic carbocycles. The van der Waals surface area contributed by atoms with E-state index in [2.05, 4.69) is 22.3 Å². The first kappa shape index (κ1) is 22.8. The number of nitrogens with zero attached hydrogens (tertiary/aromatic N) is 3. The summed E-state index contributed by atoms with van der Waals surface area (Å²) >= 11 is 0. The van der Waals surface area contributed by atoms with Crippen molar-refractivity contribution in [2.75, 3.05) is 11.9 Å². The minimum Gasteiger partial charge on any atom is -0.462 e. The Morgan fingerprint density at radius 2 is 1.93 bits per heavy atom. The fraction of sp³-hybridized carbons (Fsp3) is 0.636. The zero-order valence-electron chi connectivity index (χ0n) is 18.3. The van der Waals surface area contributed by atoms with E-state index in [1.54, 1.807) is 24.0 Å².